The van der Waals surface area contributed by atoms with Crippen LogP contribution in [0.2, 0.25) is 0 Å². The molecule has 18 heavy (non-hydrogen) atoms. The van der Waals surface area contributed by atoms with Gasteiger partial charge in [-0.15, -0.1) is 0 Å². The second kappa shape index (κ2) is 6.06. The maximum absolute atomic E-state index is 5.29. The van der Waals surface area contributed by atoms with Crippen LogP contribution in [0, 0.1) is 0 Å². The first-order chi connectivity index (χ1) is 8.85. The number of benzene rings is 2. The summed E-state index contributed by atoms with van der Waals surface area (Å²) in [4.78, 5) is 0. The lowest BCUT2D eigenvalue weighted by Gasteiger charge is -2.14. The number of methoxy groups -OCH3 is 1. The van der Waals surface area contributed by atoms with E-state index in [-0.39, 0.29) is 5.92 Å². The molecule has 0 aromatic heterocycles. The highest BCUT2D eigenvalue weighted by Crippen LogP contribution is 2.28. The smallest absolute Gasteiger partial charge is 0.119 e. The molecule has 1 heteroatoms. The van der Waals surface area contributed by atoms with E-state index in [0.717, 1.165) is 5.75 Å². The van der Waals surface area contributed by atoms with Crippen LogP contribution in [0.15, 0.2) is 66.7 Å². The Morgan fingerprint density at radius 1 is 0.944 bits per heavy atom. The van der Waals surface area contributed by atoms with Crippen molar-refractivity contribution in [2.24, 2.45) is 0 Å². The van der Waals surface area contributed by atoms with Gasteiger partial charge in [-0.2, -0.15) is 0 Å². The van der Waals surface area contributed by atoms with Crippen LogP contribution in [0.5, 0.6) is 5.75 Å². The van der Waals surface area contributed by atoms with Crippen molar-refractivity contribution in [1.29, 1.82) is 0 Å². The third kappa shape index (κ3) is 2.80. The molecule has 0 bridgehead atoms. The number of ether oxygens (including phenoxy) is 1. The Bertz CT molecular complexity index is 514. The summed E-state index contributed by atoms with van der Waals surface area (Å²) in [6, 6.07) is 18.8. The third-order valence-electron chi connectivity index (χ3n) is 3.00. The molecule has 0 amide bonds. The van der Waals surface area contributed by atoms with Crippen molar-refractivity contribution in [2.75, 3.05) is 7.11 Å². The first kappa shape index (κ1) is 12.4. The first-order valence-corrected chi connectivity index (χ1v) is 6.17. The second-order valence-corrected chi connectivity index (χ2v) is 4.19. The van der Waals surface area contributed by atoms with E-state index < -0.39 is 0 Å². The van der Waals surface area contributed by atoms with Crippen LogP contribution in [0.4, 0.5) is 0 Å². The van der Waals surface area contributed by atoms with Crippen molar-refractivity contribution in [3.8, 4) is 5.75 Å². The molecule has 2 aromatic carbocycles. The van der Waals surface area contributed by atoms with E-state index in [1.807, 2.05) is 18.2 Å². The fraction of sp³-hybridized carbons (Fsp3) is 0.176. The van der Waals surface area contributed by atoms with Gasteiger partial charge in [-0.3, -0.25) is 0 Å². The molecule has 1 nitrogen and oxygen atoms in total. The average Bonchev–Trinajstić information content (AvgIpc) is 2.46. The number of rotatable bonds is 4. The molecule has 0 aliphatic carbocycles. The van der Waals surface area contributed by atoms with Gasteiger partial charge >= 0.3 is 0 Å². The Kier molecular flexibility index (Phi) is 4.19. The largest absolute Gasteiger partial charge is 0.497 e. The fourth-order valence-corrected chi connectivity index (χ4v) is 2.10. The number of allylic oxidation sites excluding steroid dienone is 2. The predicted octanol–water partition coefficient (Wildman–Crippen LogP) is 4.40. The molecule has 0 saturated heterocycles. The summed E-state index contributed by atoms with van der Waals surface area (Å²) in [5.74, 6) is 1.18. The maximum Gasteiger partial charge on any atom is 0.119 e. The monoisotopic (exact) mass is 238 g/mol. The molecule has 1 unspecified atom stereocenters. The Morgan fingerprint density at radius 3 is 2.33 bits per heavy atom. The molecule has 0 aliphatic heterocycles. The molecule has 0 fully saturated rings. The van der Waals surface area contributed by atoms with Gasteiger partial charge in [-0.05, 0) is 30.2 Å². The van der Waals surface area contributed by atoms with E-state index in [4.69, 9.17) is 4.74 Å². The zero-order chi connectivity index (χ0) is 12.8. The summed E-state index contributed by atoms with van der Waals surface area (Å²) < 4.78 is 5.29. The van der Waals surface area contributed by atoms with Crippen LogP contribution in [-0.2, 0) is 0 Å². The lowest BCUT2D eigenvalue weighted by molar-refractivity contribution is 0.414. The normalized spacial score (nSPS) is 12.6. The van der Waals surface area contributed by atoms with Crippen molar-refractivity contribution >= 4 is 0 Å². The minimum atomic E-state index is 0.284. The standard InChI is InChI=1S/C17H18O/c1-3-8-17(14-9-5-4-6-10-14)15-11-7-12-16(13-15)18-2/h3-13,17H,1-2H3. The molecule has 0 spiro atoms. The first-order valence-electron chi connectivity index (χ1n) is 6.17. The van der Waals surface area contributed by atoms with E-state index in [1.165, 1.54) is 11.1 Å². The van der Waals surface area contributed by atoms with Crippen LogP contribution in [0.25, 0.3) is 0 Å². The van der Waals surface area contributed by atoms with Gasteiger partial charge < -0.3 is 4.74 Å². The SMILES string of the molecule is CC=CC(c1ccccc1)c1cccc(OC)c1. The van der Waals surface area contributed by atoms with Crippen LogP contribution < -0.4 is 4.74 Å². The van der Waals surface area contributed by atoms with Crippen molar-refractivity contribution in [2.45, 2.75) is 12.8 Å². The van der Waals surface area contributed by atoms with Crippen molar-refractivity contribution in [1.82, 2.24) is 0 Å². The van der Waals surface area contributed by atoms with Gasteiger partial charge in [-0.1, -0.05) is 54.6 Å². The summed E-state index contributed by atoms with van der Waals surface area (Å²) in [6.45, 7) is 2.05. The molecule has 92 valence electrons. The quantitative estimate of drug-likeness (QED) is 0.717. The molecule has 0 aliphatic rings. The summed E-state index contributed by atoms with van der Waals surface area (Å²) in [6.07, 6.45) is 4.31. The van der Waals surface area contributed by atoms with E-state index in [2.05, 4.69) is 55.5 Å². The second-order valence-electron chi connectivity index (χ2n) is 4.19. The molecule has 2 aromatic rings. The minimum Gasteiger partial charge on any atom is -0.497 e. The van der Waals surface area contributed by atoms with Gasteiger partial charge in [0.1, 0.15) is 5.75 Å². The van der Waals surface area contributed by atoms with Gasteiger partial charge in [-0.25, -0.2) is 0 Å². The Hall–Kier alpha value is -2.02. The van der Waals surface area contributed by atoms with Gasteiger partial charge in [0.15, 0.2) is 0 Å². The topological polar surface area (TPSA) is 9.23 Å². The lowest BCUT2D eigenvalue weighted by atomic mass is 9.91. The molecule has 0 saturated carbocycles. The minimum absolute atomic E-state index is 0.284. The Labute approximate surface area is 109 Å². The van der Waals surface area contributed by atoms with Crippen molar-refractivity contribution in [3.63, 3.8) is 0 Å². The van der Waals surface area contributed by atoms with Crippen LogP contribution in [-0.4, -0.2) is 7.11 Å². The summed E-state index contributed by atoms with van der Waals surface area (Å²) in [5.41, 5.74) is 2.54. The molecular formula is C17H18O. The van der Waals surface area contributed by atoms with Crippen LogP contribution >= 0.6 is 0 Å². The summed E-state index contributed by atoms with van der Waals surface area (Å²) in [5, 5.41) is 0. The zero-order valence-electron chi connectivity index (χ0n) is 10.8. The Morgan fingerprint density at radius 2 is 1.67 bits per heavy atom. The van der Waals surface area contributed by atoms with Gasteiger partial charge in [0.05, 0.1) is 7.11 Å². The fourth-order valence-electron chi connectivity index (χ4n) is 2.10. The van der Waals surface area contributed by atoms with E-state index >= 15 is 0 Å². The molecular weight excluding hydrogens is 220 g/mol. The summed E-state index contributed by atoms with van der Waals surface area (Å²) >= 11 is 0. The van der Waals surface area contributed by atoms with Gasteiger partial charge in [0, 0.05) is 5.92 Å². The lowest BCUT2D eigenvalue weighted by Crippen LogP contribution is -1.98. The highest BCUT2D eigenvalue weighted by molar-refractivity contribution is 5.40. The van der Waals surface area contributed by atoms with Crippen LogP contribution in [0.1, 0.15) is 24.0 Å². The maximum atomic E-state index is 5.29. The predicted molar refractivity (Wildman–Crippen MR) is 76.1 cm³/mol. The van der Waals surface area contributed by atoms with E-state index in [0.29, 0.717) is 0 Å². The summed E-state index contributed by atoms with van der Waals surface area (Å²) in [7, 11) is 1.70. The zero-order valence-corrected chi connectivity index (χ0v) is 10.8. The van der Waals surface area contributed by atoms with Crippen LogP contribution in [0.3, 0.4) is 0 Å². The van der Waals surface area contributed by atoms with Crippen molar-refractivity contribution < 1.29 is 4.74 Å². The van der Waals surface area contributed by atoms with E-state index in [9.17, 15) is 0 Å². The molecule has 0 heterocycles. The average molecular weight is 238 g/mol. The van der Waals surface area contributed by atoms with Crippen molar-refractivity contribution in [3.05, 3.63) is 77.9 Å². The van der Waals surface area contributed by atoms with Gasteiger partial charge in [0.25, 0.3) is 0 Å². The highest BCUT2D eigenvalue weighted by Gasteiger charge is 2.10. The Balaban J connectivity index is 2.41. The highest BCUT2D eigenvalue weighted by atomic mass is 16.5. The molecule has 2 rings (SSSR count). The molecule has 0 N–H and O–H groups in total. The molecule has 0 radical (unpaired) electrons. The van der Waals surface area contributed by atoms with Gasteiger partial charge in [0.2, 0.25) is 0 Å². The number of hydrogen-bond donors (Lipinski definition) is 0. The third-order valence-corrected chi connectivity index (χ3v) is 3.00. The van der Waals surface area contributed by atoms with E-state index in [1.54, 1.807) is 7.11 Å². The number of hydrogen-bond acceptors (Lipinski definition) is 1. The molecule has 1 atom stereocenters.